The molecule has 3 rings (SSSR count). The van der Waals surface area contributed by atoms with Crippen LogP contribution in [0.2, 0.25) is 0 Å². The smallest absolute Gasteiger partial charge is 0.0713 e. The molecule has 0 fully saturated rings. The molecule has 0 saturated carbocycles. The zero-order valence-electron chi connectivity index (χ0n) is 19.6. The van der Waals surface area contributed by atoms with Gasteiger partial charge in [0, 0.05) is 0 Å². The third-order valence-corrected chi connectivity index (χ3v) is 5.82. The minimum atomic E-state index is -0.395. The Morgan fingerprint density at radius 2 is 1.45 bits per heavy atom. The molecule has 0 spiro atoms. The van der Waals surface area contributed by atoms with Crippen LogP contribution < -0.4 is 0 Å². The zero-order chi connectivity index (χ0) is 22.4. The third-order valence-electron chi connectivity index (χ3n) is 5.82. The summed E-state index contributed by atoms with van der Waals surface area (Å²) >= 11 is 0. The first-order chi connectivity index (χ1) is 15.0. The van der Waals surface area contributed by atoms with Crippen molar-refractivity contribution < 1.29 is 0 Å². The van der Waals surface area contributed by atoms with Crippen molar-refractivity contribution >= 4 is 0 Å². The Morgan fingerprint density at radius 1 is 0.871 bits per heavy atom. The average molecular weight is 407 g/mol. The molecule has 2 aromatic carbocycles. The van der Waals surface area contributed by atoms with Gasteiger partial charge in [-0.2, -0.15) is 0 Å². The molecule has 0 unspecified atom stereocenters. The molecule has 0 heteroatoms. The van der Waals surface area contributed by atoms with Crippen molar-refractivity contribution in [2.24, 2.45) is 0 Å². The summed E-state index contributed by atoms with van der Waals surface area (Å²) in [5.74, 6) is 0. The van der Waals surface area contributed by atoms with Gasteiger partial charge in [-0.15, -0.1) is 0 Å². The molecule has 1 aliphatic carbocycles. The molecular formula is C31H34. The molecule has 0 bridgehead atoms. The summed E-state index contributed by atoms with van der Waals surface area (Å²) < 4.78 is 0. The van der Waals surface area contributed by atoms with Gasteiger partial charge in [0.1, 0.15) is 0 Å². The van der Waals surface area contributed by atoms with Crippen LogP contribution >= 0.6 is 0 Å². The Bertz CT molecular complexity index is 1060. The Hall–Kier alpha value is -3.12. The molecule has 0 heterocycles. The third kappa shape index (κ3) is 4.08. The van der Waals surface area contributed by atoms with E-state index >= 15 is 0 Å². The van der Waals surface area contributed by atoms with E-state index in [0.717, 1.165) is 6.42 Å². The van der Waals surface area contributed by atoms with Gasteiger partial charge < -0.3 is 0 Å². The van der Waals surface area contributed by atoms with Crippen LogP contribution in [-0.2, 0) is 5.41 Å². The highest BCUT2D eigenvalue weighted by atomic mass is 14.5. The molecular weight excluding hydrogens is 372 g/mol. The fraction of sp³-hybridized carbons (Fsp3) is 0.226. The molecule has 0 amide bonds. The van der Waals surface area contributed by atoms with E-state index < -0.39 is 5.41 Å². The van der Waals surface area contributed by atoms with E-state index in [0.29, 0.717) is 0 Å². The molecule has 0 aliphatic heterocycles. The molecule has 0 nitrogen and oxygen atoms in total. The lowest BCUT2D eigenvalue weighted by molar-refractivity contribution is 0.762. The summed E-state index contributed by atoms with van der Waals surface area (Å²) in [6.45, 7) is 14.9. The Labute approximate surface area is 188 Å². The van der Waals surface area contributed by atoms with Gasteiger partial charge in [0.05, 0.1) is 5.41 Å². The first-order valence-electron chi connectivity index (χ1n) is 11.2. The standard InChI is InChI=1S/C31H34/c1-7-14-24(6)22-26(16-9-3)31(25(15-8-2)21-23(4)5)29-19-12-10-17-27(29)28-18-11-13-20-30(28)31/h8-22H,2,7H2,1,3-6H3/b16-9-,24-14-,25-15+,26-22+. The second kappa shape index (κ2) is 9.79. The van der Waals surface area contributed by atoms with Crippen LogP contribution in [0.15, 0.2) is 120 Å². The molecule has 0 saturated heterocycles. The summed E-state index contributed by atoms with van der Waals surface area (Å²) in [6.07, 6.45) is 16.5. The lowest BCUT2D eigenvalue weighted by Gasteiger charge is -2.36. The molecule has 0 aromatic heterocycles. The molecule has 0 N–H and O–H groups in total. The maximum absolute atomic E-state index is 4.06. The second-order valence-electron chi connectivity index (χ2n) is 8.38. The van der Waals surface area contributed by atoms with E-state index in [9.17, 15) is 0 Å². The van der Waals surface area contributed by atoms with Gasteiger partial charge in [0.15, 0.2) is 0 Å². The SMILES string of the molecule is C=C/C=C(\C=C(C)C)C1(C(/C=C\C)=C/C(C)=C\CC)c2ccccc2-c2ccccc21. The molecule has 0 atom stereocenters. The molecule has 158 valence electrons. The molecule has 2 aromatic rings. The number of fused-ring (bicyclic) bond motifs is 3. The van der Waals surface area contributed by atoms with E-state index in [2.05, 4.69) is 126 Å². The van der Waals surface area contributed by atoms with E-state index in [1.807, 2.05) is 6.08 Å². The summed E-state index contributed by atoms with van der Waals surface area (Å²) in [6, 6.07) is 17.7. The van der Waals surface area contributed by atoms with Crippen LogP contribution in [0.1, 0.15) is 52.2 Å². The van der Waals surface area contributed by atoms with Gasteiger partial charge in [0.25, 0.3) is 0 Å². The van der Waals surface area contributed by atoms with Crippen LogP contribution in [0.25, 0.3) is 11.1 Å². The van der Waals surface area contributed by atoms with Crippen LogP contribution in [0.4, 0.5) is 0 Å². The number of hydrogen-bond acceptors (Lipinski definition) is 0. The van der Waals surface area contributed by atoms with Crippen molar-refractivity contribution in [3.63, 3.8) is 0 Å². The predicted molar refractivity (Wildman–Crippen MR) is 137 cm³/mol. The highest BCUT2D eigenvalue weighted by Gasteiger charge is 2.46. The minimum absolute atomic E-state index is 0.395. The van der Waals surface area contributed by atoms with E-state index in [1.165, 1.54) is 44.5 Å². The van der Waals surface area contributed by atoms with Crippen molar-refractivity contribution in [2.45, 2.75) is 46.5 Å². The fourth-order valence-corrected chi connectivity index (χ4v) is 4.83. The monoisotopic (exact) mass is 406 g/mol. The first kappa shape index (κ1) is 22.6. The Morgan fingerprint density at radius 3 is 1.94 bits per heavy atom. The topological polar surface area (TPSA) is 0 Å². The number of rotatable bonds is 7. The summed E-state index contributed by atoms with van der Waals surface area (Å²) in [5, 5.41) is 0. The van der Waals surface area contributed by atoms with Crippen molar-refractivity contribution in [1.29, 1.82) is 0 Å². The minimum Gasteiger partial charge on any atom is -0.0991 e. The molecule has 0 radical (unpaired) electrons. The second-order valence-corrected chi connectivity index (χ2v) is 8.38. The quantitative estimate of drug-likeness (QED) is 0.403. The van der Waals surface area contributed by atoms with E-state index in [-0.39, 0.29) is 0 Å². The van der Waals surface area contributed by atoms with Crippen molar-refractivity contribution in [3.05, 3.63) is 131 Å². The fourth-order valence-electron chi connectivity index (χ4n) is 4.83. The largest absolute Gasteiger partial charge is 0.0991 e. The van der Waals surface area contributed by atoms with Crippen LogP contribution in [0, 0.1) is 0 Å². The normalized spacial score (nSPS) is 15.6. The van der Waals surface area contributed by atoms with Crippen LogP contribution in [0.5, 0.6) is 0 Å². The van der Waals surface area contributed by atoms with Gasteiger partial charge in [0.2, 0.25) is 0 Å². The molecule has 31 heavy (non-hydrogen) atoms. The van der Waals surface area contributed by atoms with Crippen molar-refractivity contribution in [2.75, 3.05) is 0 Å². The Kier molecular flexibility index (Phi) is 7.13. The van der Waals surface area contributed by atoms with Gasteiger partial charge >= 0.3 is 0 Å². The highest BCUT2D eigenvalue weighted by molar-refractivity contribution is 5.87. The van der Waals surface area contributed by atoms with Gasteiger partial charge in [-0.1, -0.05) is 116 Å². The summed E-state index contributed by atoms with van der Waals surface area (Å²) in [4.78, 5) is 0. The van der Waals surface area contributed by atoms with Crippen molar-refractivity contribution in [1.82, 2.24) is 0 Å². The maximum atomic E-state index is 4.06. The van der Waals surface area contributed by atoms with Crippen molar-refractivity contribution in [3.8, 4) is 11.1 Å². The lowest BCUT2D eigenvalue weighted by atomic mass is 9.65. The van der Waals surface area contributed by atoms with Crippen LogP contribution in [0.3, 0.4) is 0 Å². The summed E-state index contributed by atoms with van der Waals surface area (Å²) in [7, 11) is 0. The number of benzene rings is 2. The summed E-state index contributed by atoms with van der Waals surface area (Å²) in [5.41, 5.74) is 9.96. The van der Waals surface area contributed by atoms with E-state index in [4.69, 9.17) is 0 Å². The highest BCUT2D eigenvalue weighted by Crippen LogP contribution is 2.57. The van der Waals surface area contributed by atoms with Gasteiger partial charge in [-0.05, 0) is 67.5 Å². The Balaban J connectivity index is 2.56. The van der Waals surface area contributed by atoms with Gasteiger partial charge in [-0.25, -0.2) is 0 Å². The number of hydrogen-bond donors (Lipinski definition) is 0. The lowest BCUT2D eigenvalue weighted by Crippen LogP contribution is -2.30. The van der Waals surface area contributed by atoms with Gasteiger partial charge in [-0.3, -0.25) is 0 Å². The predicted octanol–water partition coefficient (Wildman–Crippen LogP) is 8.89. The zero-order valence-corrected chi connectivity index (χ0v) is 19.6. The maximum Gasteiger partial charge on any atom is 0.0713 e. The average Bonchev–Trinajstić information content (AvgIpc) is 3.04. The van der Waals surface area contributed by atoms with Crippen LogP contribution in [-0.4, -0.2) is 0 Å². The molecule has 1 aliphatic rings. The number of allylic oxidation sites excluding steroid dienone is 11. The van der Waals surface area contributed by atoms with E-state index in [1.54, 1.807) is 0 Å². The first-order valence-corrected chi connectivity index (χ1v) is 11.2.